The predicted octanol–water partition coefficient (Wildman–Crippen LogP) is 3.05. The molecule has 2 heterocycles. The molecular weight excluding hydrogens is 367 g/mol. The summed E-state index contributed by atoms with van der Waals surface area (Å²) in [7, 11) is -3.25. The first-order chi connectivity index (χ1) is 12.7. The summed E-state index contributed by atoms with van der Waals surface area (Å²) in [5.74, 6) is -0.545. The average Bonchev–Trinajstić information content (AvgIpc) is 2.99. The number of hydrogen-bond donors (Lipinski definition) is 0. The Balaban J connectivity index is 1.75. The van der Waals surface area contributed by atoms with Crippen molar-refractivity contribution in [2.24, 2.45) is 0 Å². The van der Waals surface area contributed by atoms with Crippen LogP contribution < -0.4 is 4.90 Å². The van der Waals surface area contributed by atoms with Gasteiger partial charge in [-0.1, -0.05) is 24.3 Å². The quantitative estimate of drug-likeness (QED) is 0.760. The van der Waals surface area contributed by atoms with Crippen LogP contribution in [0.25, 0.3) is 0 Å². The number of halogens is 1. The van der Waals surface area contributed by atoms with Crippen molar-refractivity contribution in [3.05, 3.63) is 65.0 Å². The van der Waals surface area contributed by atoms with Crippen LogP contribution >= 0.6 is 0 Å². The summed E-state index contributed by atoms with van der Waals surface area (Å²) < 4.78 is 38.7. The van der Waals surface area contributed by atoms with Crippen molar-refractivity contribution in [2.45, 2.75) is 32.5 Å². The first-order valence-electron chi connectivity index (χ1n) is 8.87. The summed E-state index contributed by atoms with van der Waals surface area (Å²) >= 11 is 0. The Morgan fingerprint density at radius 2 is 1.67 bits per heavy atom. The van der Waals surface area contributed by atoms with Gasteiger partial charge in [0.15, 0.2) is 9.84 Å². The molecule has 2 amide bonds. The van der Waals surface area contributed by atoms with E-state index in [0.717, 1.165) is 11.1 Å². The third kappa shape index (κ3) is 3.20. The van der Waals surface area contributed by atoms with Crippen LogP contribution in [0.5, 0.6) is 0 Å². The standard InChI is InChI=1S/C20H21FN2O3S/c1-13-7-14(2)9-16(8-13)23-19-12-27(25,26)11-18(19)22(20(23)24)10-15-5-3-4-6-17(15)21/h3-9,18-19H,10-12H2,1-2H3/t18-,19+/m0/s1. The zero-order valence-electron chi connectivity index (χ0n) is 15.2. The summed E-state index contributed by atoms with van der Waals surface area (Å²) in [5, 5.41) is 0. The van der Waals surface area contributed by atoms with E-state index in [4.69, 9.17) is 0 Å². The van der Waals surface area contributed by atoms with Gasteiger partial charge in [-0.3, -0.25) is 4.90 Å². The molecule has 2 aliphatic rings. The highest BCUT2D eigenvalue weighted by molar-refractivity contribution is 7.91. The molecule has 7 heteroatoms. The molecule has 2 fully saturated rings. The number of amides is 2. The van der Waals surface area contributed by atoms with E-state index in [2.05, 4.69) is 0 Å². The Hall–Kier alpha value is -2.41. The van der Waals surface area contributed by atoms with Gasteiger partial charge >= 0.3 is 6.03 Å². The van der Waals surface area contributed by atoms with Crippen LogP contribution in [-0.2, 0) is 16.4 Å². The highest BCUT2D eigenvalue weighted by Gasteiger charge is 2.53. The average molecular weight is 388 g/mol. The van der Waals surface area contributed by atoms with Gasteiger partial charge in [-0.25, -0.2) is 17.6 Å². The van der Waals surface area contributed by atoms with Gasteiger partial charge in [0.25, 0.3) is 0 Å². The van der Waals surface area contributed by atoms with Crippen LogP contribution in [0.1, 0.15) is 16.7 Å². The first kappa shape index (κ1) is 18.0. The molecule has 2 saturated heterocycles. The monoisotopic (exact) mass is 388 g/mol. The van der Waals surface area contributed by atoms with Gasteiger partial charge in [0.2, 0.25) is 0 Å². The Bertz CT molecular complexity index is 1000. The topological polar surface area (TPSA) is 57.7 Å². The van der Waals surface area contributed by atoms with Crippen molar-refractivity contribution in [1.82, 2.24) is 4.90 Å². The van der Waals surface area contributed by atoms with Crippen LogP contribution in [0.2, 0.25) is 0 Å². The fourth-order valence-electron chi connectivity index (χ4n) is 4.16. The largest absolute Gasteiger partial charge is 0.325 e. The lowest BCUT2D eigenvalue weighted by molar-refractivity contribution is 0.205. The number of nitrogens with zero attached hydrogens (tertiary/aromatic N) is 2. The van der Waals surface area contributed by atoms with E-state index < -0.39 is 27.7 Å². The van der Waals surface area contributed by atoms with Gasteiger partial charge in [-0.2, -0.15) is 0 Å². The molecule has 2 atom stereocenters. The third-order valence-electron chi connectivity index (χ3n) is 5.26. The number of sulfone groups is 1. The molecule has 2 aromatic carbocycles. The lowest BCUT2D eigenvalue weighted by Crippen LogP contribution is -2.37. The first-order valence-corrected chi connectivity index (χ1v) is 10.7. The summed E-state index contributed by atoms with van der Waals surface area (Å²) in [6, 6.07) is 10.9. The van der Waals surface area contributed by atoms with Gasteiger partial charge < -0.3 is 4.90 Å². The number of urea groups is 1. The highest BCUT2D eigenvalue weighted by Crippen LogP contribution is 2.36. The number of carbonyl (C=O) groups is 1. The fraction of sp³-hybridized carbons (Fsp3) is 0.350. The van der Waals surface area contributed by atoms with Crippen molar-refractivity contribution >= 4 is 21.6 Å². The molecule has 2 aromatic rings. The smallest absolute Gasteiger partial charge is 0.314 e. The Labute approximate surface area is 158 Å². The second-order valence-electron chi connectivity index (χ2n) is 7.43. The molecular formula is C20H21FN2O3S. The van der Waals surface area contributed by atoms with E-state index in [0.29, 0.717) is 11.3 Å². The minimum absolute atomic E-state index is 0.0590. The van der Waals surface area contributed by atoms with Crippen LogP contribution in [0.4, 0.5) is 14.9 Å². The highest BCUT2D eigenvalue weighted by atomic mass is 32.2. The number of rotatable bonds is 3. The van der Waals surface area contributed by atoms with Crippen molar-refractivity contribution < 1.29 is 17.6 Å². The Morgan fingerprint density at radius 1 is 1.04 bits per heavy atom. The zero-order valence-corrected chi connectivity index (χ0v) is 16.0. The molecule has 0 aromatic heterocycles. The molecule has 0 radical (unpaired) electrons. The maximum atomic E-state index is 14.1. The second-order valence-corrected chi connectivity index (χ2v) is 9.58. The maximum absolute atomic E-state index is 14.1. The minimum atomic E-state index is -3.25. The van der Waals surface area contributed by atoms with Crippen LogP contribution in [0.3, 0.4) is 0 Å². The van der Waals surface area contributed by atoms with E-state index in [1.54, 1.807) is 23.1 Å². The number of aryl methyl sites for hydroxylation is 2. The molecule has 4 rings (SSSR count). The lowest BCUT2D eigenvalue weighted by Gasteiger charge is -2.23. The number of benzene rings is 2. The van der Waals surface area contributed by atoms with Crippen molar-refractivity contribution in [1.29, 1.82) is 0 Å². The number of fused-ring (bicyclic) bond motifs is 1. The third-order valence-corrected chi connectivity index (χ3v) is 6.96. The van der Waals surface area contributed by atoms with E-state index in [1.807, 2.05) is 32.0 Å². The van der Waals surface area contributed by atoms with Gasteiger partial charge in [0.05, 0.1) is 30.1 Å². The molecule has 2 aliphatic heterocycles. The molecule has 27 heavy (non-hydrogen) atoms. The van der Waals surface area contributed by atoms with Crippen molar-refractivity contribution in [3.63, 3.8) is 0 Å². The van der Waals surface area contributed by atoms with Crippen LogP contribution in [0, 0.1) is 19.7 Å². The summed E-state index contributed by atoms with van der Waals surface area (Å²) in [6.45, 7) is 3.94. The van der Waals surface area contributed by atoms with Crippen molar-refractivity contribution in [2.75, 3.05) is 16.4 Å². The number of carbonyl (C=O) groups excluding carboxylic acids is 1. The van der Waals surface area contributed by atoms with E-state index in [1.165, 1.54) is 11.0 Å². The van der Waals surface area contributed by atoms with Gasteiger partial charge in [-0.15, -0.1) is 0 Å². The lowest BCUT2D eigenvalue weighted by atomic mass is 10.1. The molecule has 0 unspecified atom stereocenters. The molecule has 0 spiro atoms. The summed E-state index contributed by atoms with van der Waals surface area (Å²) in [5.41, 5.74) is 3.09. The zero-order chi connectivity index (χ0) is 19.3. The summed E-state index contributed by atoms with van der Waals surface area (Å²) in [6.07, 6.45) is 0. The van der Waals surface area contributed by atoms with Crippen LogP contribution in [-0.4, -0.2) is 42.9 Å². The predicted molar refractivity (Wildman–Crippen MR) is 102 cm³/mol. The van der Waals surface area contributed by atoms with Gasteiger partial charge in [0, 0.05) is 11.3 Å². The normalized spacial score (nSPS) is 23.7. The van der Waals surface area contributed by atoms with E-state index in [-0.39, 0.29) is 24.1 Å². The summed E-state index contributed by atoms with van der Waals surface area (Å²) in [4.78, 5) is 16.3. The fourth-order valence-corrected chi connectivity index (χ4v) is 6.11. The molecule has 0 bridgehead atoms. The minimum Gasteiger partial charge on any atom is -0.314 e. The number of anilines is 1. The SMILES string of the molecule is Cc1cc(C)cc(N2C(=O)N(Cc3ccccc3F)[C@H]3CS(=O)(=O)C[C@H]32)c1. The van der Waals surface area contributed by atoms with Crippen LogP contribution in [0.15, 0.2) is 42.5 Å². The van der Waals surface area contributed by atoms with E-state index in [9.17, 15) is 17.6 Å². The van der Waals surface area contributed by atoms with Crippen molar-refractivity contribution in [3.8, 4) is 0 Å². The second kappa shape index (κ2) is 6.34. The molecule has 142 valence electrons. The maximum Gasteiger partial charge on any atom is 0.325 e. The Kier molecular flexibility index (Phi) is 4.22. The molecule has 5 nitrogen and oxygen atoms in total. The number of hydrogen-bond acceptors (Lipinski definition) is 3. The molecule has 0 N–H and O–H groups in total. The van der Waals surface area contributed by atoms with Gasteiger partial charge in [0.1, 0.15) is 5.82 Å². The van der Waals surface area contributed by atoms with Gasteiger partial charge in [-0.05, 0) is 43.2 Å². The molecule has 0 aliphatic carbocycles. The molecule has 0 saturated carbocycles. The Morgan fingerprint density at radius 3 is 2.33 bits per heavy atom. The van der Waals surface area contributed by atoms with E-state index >= 15 is 0 Å².